The quantitative estimate of drug-likeness (QED) is 0.467. The number of carbonyl (C=O) groups is 2. The van der Waals surface area contributed by atoms with Gasteiger partial charge in [0.25, 0.3) is 0 Å². The molecule has 0 saturated heterocycles. The molecule has 1 amide bonds. The lowest BCUT2D eigenvalue weighted by Gasteiger charge is -2.03. The van der Waals surface area contributed by atoms with E-state index in [1.807, 2.05) is 0 Å². The monoisotopic (exact) mass is 180 g/mol. The summed E-state index contributed by atoms with van der Waals surface area (Å²) < 4.78 is 0. The van der Waals surface area contributed by atoms with Crippen LogP contribution in [0.2, 0.25) is 0 Å². The van der Waals surface area contributed by atoms with Gasteiger partial charge in [-0.25, -0.2) is 4.79 Å². The summed E-state index contributed by atoms with van der Waals surface area (Å²) in [6.07, 6.45) is 0.478. The minimum atomic E-state index is -1.05. The van der Waals surface area contributed by atoms with Crippen LogP contribution < -0.4 is 11.1 Å². The number of aromatic carboxylic acids is 1. The maximum absolute atomic E-state index is 10.5. The third kappa shape index (κ3) is 1.96. The highest BCUT2D eigenvalue weighted by Crippen LogP contribution is 2.18. The standard InChI is InChI=1S/C8H8N2O3/c9-6-3-5(8(12)13)1-2-7(6)10-4-11/h1-4H,9H2,(H,10,11)(H,12,13). The predicted molar refractivity (Wildman–Crippen MR) is 47.5 cm³/mol. The van der Waals surface area contributed by atoms with Crippen molar-refractivity contribution in [3.63, 3.8) is 0 Å². The molecule has 0 aliphatic carbocycles. The molecule has 0 spiro atoms. The Morgan fingerprint density at radius 1 is 1.54 bits per heavy atom. The summed E-state index contributed by atoms with van der Waals surface area (Å²) >= 11 is 0. The molecule has 5 nitrogen and oxygen atoms in total. The zero-order chi connectivity index (χ0) is 9.84. The average molecular weight is 180 g/mol. The summed E-state index contributed by atoms with van der Waals surface area (Å²) in [7, 11) is 0. The second kappa shape index (κ2) is 3.57. The van der Waals surface area contributed by atoms with Gasteiger partial charge < -0.3 is 16.2 Å². The van der Waals surface area contributed by atoms with Crippen molar-refractivity contribution in [1.29, 1.82) is 0 Å². The fourth-order valence-electron chi connectivity index (χ4n) is 0.891. The fraction of sp³-hybridized carbons (Fsp3) is 0. The Balaban J connectivity index is 3.04. The van der Waals surface area contributed by atoms with E-state index in [-0.39, 0.29) is 11.3 Å². The van der Waals surface area contributed by atoms with Crippen molar-refractivity contribution in [2.24, 2.45) is 0 Å². The Kier molecular flexibility index (Phi) is 2.49. The van der Waals surface area contributed by atoms with Crippen LogP contribution in [0.3, 0.4) is 0 Å². The topological polar surface area (TPSA) is 92.4 Å². The first kappa shape index (κ1) is 9.05. The normalized spacial score (nSPS) is 9.23. The molecule has 0 radical (unpaired) electrons. The zero-order valence-electron chi connectivity index (χ0n) is 6.65. The van der Waals surface area contributed by atoms with Gasteiger partial charge in [0.1, 0.15) is 0 Å². The van der Waals surface area contributed by atoms with E-state index in [0.29, 0.717) is 12.1 Å². The number of nitrogen functional groups attached to an aromatic ring is 1. The van der Waals surface area contributed by atoms with Gasteiger partial charge >= 0.3 is 5.97 Å². The molecular formula is C8H8N2O3. The van der Waals surface area contributed by atoms with Crippen LogP contribution in [0, 0.1) is 0 Å². The Morgan fingerprint density at radius 2 is 2.23 bits per heavy atom. The molecule has 0 aliphatic heterocycles. The molecule has 0 aromatic heterocycles. The maximum atomic E-state index is 10.5. The number of benzene rings is 1. The SMILES string of the molecule is Nc1cc(C(=O)O)ccc1NC=O. The second-order valence-electron chi connectivity index (χ2n) is 2.37. The molecule has 68 valence electrons. The van der Waals surface area contributed by atoms with Crippen molar-refractivity contribution in [3.8, 4) is 0 Å². The molecule has 0 atom stereocenters. The van der Waals surface area contributed by atoms with E-state index < -0.39 is 5.97 Å². The first-order valence-corrected chi connectivity index (χ1v) is 3.48. The summed E-state index contributed by atoms with van der Waals surface area (Å²) in [5.41, 5.74) is 6.18. The van der Waals surface area contributed by atoms with Crippen LogP contribution in [0.4, 0.5) is 11.4 Å². The van der Waals surface area contributed by atoms with E-state index in [1.54, 1.807) is 0 Å². The van der Waals surface area contributed by atoms with Crippen LogP contribution in [0.15, 0.2) is 18.2 Å². The number of nitrogens with one attached hydrogen (secondary N) is 1. The number of carbonyl (C=O) groups excluding carboxylic acids is 1. The van der Waals surface area contributed by atoms with E-state index in [0.717, 1.165) is 0 Å². The number of hydrogen-bond donors (Lipinski definition) is 3. The van der Waals surface area contributed by atoms with Gasteiger partial charge in [0.15, 0.2) is 0 Å². The number of nitrogens with two attached hydrogens (primary N) is 1. The smallest absolute Gasteiger partial charge is 0.335 e. The number of rotatable bonds is 3. The van der Waals surface area contributed by atoms with Gasteiger partial charge in [0.05, 0.1) is 16.9 Å². The number of amides is 1. The summed E-state index contributed by atoms with van der Waals surface area (Å²) in [6.45, 7) is 0. The summed E-state index contributed by atoms with van der Waals surface area (Å²) in [5.74, 6) is -1.05. The highest BCUT2D eigenvalue weighted by atomic mass is 16.4. The zero-order valence-corrected chi connectivity index (χ0v) is 6.65. The molecule has 0 fully saturated rings. The van der Waals surface area contributed by atoms with Gasteiger partial charge in [-0.05, 0) is 18.2 Å². The molecule has 1 rings (SSSR count). The van der Waals surface area contributed by atoms with Crippen LogP contribution in [-0.2, 0) is 4.79 Å². The molecule has 0 saturated carbocycles. The third-order valence-corrected chi connectivity index (χ3v) is 1.51. The third-order valence-electron chi connectivity index (χ3n) is 1.51. The summed E-state index contributed by atoms with van der Waals surface area (Å²) in [6, 6.07) is 4.09. The Hall–Kier alpha value is -2.04. The maximum Gasteiger partial charge on any atom is 0.335 e. The van der Waals surface area contributed by atoms with Gasteiger partial charge in [-0.1, -0.05) is 0 Å². The van der Waals surface area contributed by atoms with Crippen LogP contribution in [0.5, 0.6) is 0 Å². The average Bonchev–Trinajstić information content (AvgIpc) is 2.08. The number of carboxylic acids is 1. The minimum Gasteiger partial charge on any atom is -0.478 e. The first-order chi connectivity index (χ1) is 6.15. The van der Waals surface area contributed by atoms with Gasteiger partial charge in [0, 0.05) is 0 Å². The molecule has 13 heavy (non-hydrogen) atoms. The molecular weight excluding hydrogens is 172 g/mol. The lowest BCUT2D eigenvalue weighted by molar-refractivity contribution is -0.105. The van der Waals surface area contributed by atoms with E-state index in [4.69, 9.17) is 10.8 Å². The number of hydrogen-bond acceptors (Lipinski definition) is 3. The van der Waals surface area contributed by atoms with Gasteiger partial charge in [0.2, 0.25) is 6.41 Å². The highest BCUT2D eigenvalue weighted by Gasteiger charge is 2.04. The second-order valence-corrected chi connectivity index (χ2v) is 2.37. The largest absolute Gasteiger partial charge is 0.478 e. The van der Waals surface area contributed by atoms with Crippen molar-refractivity contribution in [2.45, 2.75) is 0 Å². The Morgan fingerprint density at radius 3 is 2.69 bits per heavy atom. The van der Waals surface area contributed by atoms with Crippen molar-refractivity contribution in [2.75, 3.05) is 11.1 Å². The van der Waals surface area contributed by atoms with E-state index in [2.05, 4.69) is 5.32 Å². The van der Waals surface area contributed by atoms with E-state index >= 15 is 0 Å². The van der Waals surface area contributed by atoms with Crippen LogP contribution in [0.25, 0.3) is 0 Å². The van der Waals surface area contributed by atoms with Gasteiger partial charge in [-0.2, -0.15) is 0 Å². The molecule has 0 aliphatic rings. The molecule has 0 unspecified atom stereocenters. The van der Waals surface area contributed by atoms with Crippen molar-refractivity contribution >= 4 is 23.8 Å². The van der Waals surface area contributed by atoms with E-state index in [1.165, 1.54) is 18.2 Å². The lowest BCUT2D eigenvalue weighted by atomic mass is 10.2. The number of carboxylic acid groups (broad SMARTS) is 1. The van der Waals surface area contributed by atoms with Gasteiger partial charge in [-0.3, -0.25) is 4.79 Å². The summed E-state index contributed by atoms with van der Waals surface area (Å²) in [4.78, 5) is 20.5. The predicted octanol–water partition coefficient (Wildman–Crippen LogP) is 0.535. The van der Waals surface area contributed by atoms with Crippen molar-refractivity contribution < 1.29 is 14.7 Å². The minimum absolute atomic E-state index is 0.0916. The van der Waals surface area contributed by atoms with Crippen molar-refractivity contribution in [3.05, 3.63) is 23.8 Å². The Bertz CT molecular complexity index is 349. The molecule has 1 aromatic carbocycles. The van der Waals surface area contributed by atoms with Gasteiger partial charge in [-0.15, -0.1) is 0 Å². The first-order valence-electron chi connectivity index (χ1n) is 3.48. The molecule has 0 bridgehead atoms. The Labute approximate surface area is 74.2 Å². The molecule has 0 heterocycles. The molecule has 4 N–H and O–H groups in total. The highest BCUT2D eigenvalue weighted by molar-refractivity contribution is 5.91. The number of anilines is 2. The molecule has 5 heteroatoms. The van der Waals surface area contributed by atoms with Crippen LogP contribution >= 0.6 is 0 Å². The van der Waals surface area contributed by atoms with Crippen LogP contribution in [0.1, 0.15) is 10.4 Å². The summed E-state index contributed by atoms with van der Waals surface area (Å²) in [5, 5.41) is 10.9. The van der Waals surface area contributed by atoms with Crippen molar-refractivity contribution in [1.82, 2.24) is 0 Å². The fourth-order valence-corrected chi connectivity index (χ4v) is 0.891. The molecule has 1 aromatic rings. The van der Waals surface area contributed by atoms with Crippen LogP contribution in [-0.4, -0.2) is 17.5 Å². The van der Waals surface area contributed by atoms with E-state index in [9.17, 15) is 9.59 Å². The lowest BCUT2D eigenvalue weighted by Crippen LogP contribution is -2.02.